The van der Waals surface area contributed by atoms with Gasteiger partial charge in [-0.2, -0.15) is 8.42 Å². The van der Waals surface area contributed by atoms with Crippen LogP contribution in [0.4, 0.5) is 0 Å². The molecule has 0 bridgehead atoms. The second-order valence-electron chi connectivity index (χ2n) is 1.89. The first kappa shape index (κ1) is 12.8. The van der Waals surface area contributed by atoms with Crippen molar-refractivity contribution in [3.8, 4) is 5.88 Å². The maximum atomic E-state index is 10.2. The van der Waals surface area contributed by atoms with Gasteiger partial charge in [0.1, 0.15) is 6.33 Å². The maximum absolute atomic E-state index is 10.2. The van der Waals surface area contributed by atoms with E-state index in [2.05, 4.69) is 14.7 Å². The van der Waals surface area contributed by atoms with E-state index in [-0.39, 0.29) is 36.9 Å². The molecule has 1 heterocycles. The third-order valence-corrected chi connectivity index (χ3v) is 1.33. The molecule has 0 aliphatic heterocycles. The van der Waals surface area contributed by atoms with Crippen molar-refractivity contribution in [2.24, 2.45) is 0 Å². The average molecular weight is 214 g/mol. The summed E-state index contributed by atoms with van der Waals surface area (Å²) in [5, 5.41) is 0. The summed E-state index contributed by atoms with van der Waals surface area (Å²) in [6.45, 7) is 0. The molecule has 1 rings (SSSR count). The van der Waals surface area contributed by atoms with Gasteiger partial charge in [-0.3, -0.25) is 4.55 Å². The first-order valence-corrected chi connectivity index (χ1v) is 4.53. The normalized spacial score (nSPS) is 10.2. The molecule has 0 unspecified atom stereocenters. The summed E-state index contributed by atoms with van der Waals surface area (Å²) < 4.78 is 33.2. The summed E-state index contributed by atoms with van der Waals surface area (Å²) in [6, 6.07) is 1.38. The second kappa shape index (κ2) is 5.51. The Morgan fingerprint density at radius 3 is 2.77 bits per heavy atom. The van der Waals surface area contributed by atoms with Gasteiger partial charge >= 0.3 is 39.7 Å². The largest absolute Gasteiger partial charge is 1.00 e. The molecule has 0 aromatic carbocycles. The van der Waals surface area contributed by atoms with Crippen molar-refractivity contribution in [3.63, 3.8) is 0 Å². The number of nitrogens with zero attached hydrogens (tertiary/aromatic N) is 2. The average Bonchev–Trinajstić information content (AvgIpc) is 2.02. The fourth-order valence-corrected chi connectivity index (χ4v) is 0.768. The number of rotatable bonds is 3. The van der Waals surface area contributed by atoms with Crippen LogP contribution in [0.3, 0.4) is 0 Å². The number of ether oxygens (including phenoxy) is 1. The van der Waals surface area contributed by atoms with Crippen LogP contribution in [0, 0.1) is 0 Å². The van der Waals surface area contributed by atoms with Gasteiger partial charge in [-0.25, -0.2) is 9.97 Å². The van der Waals surface area contributed by atoms with Crippen LogP contribution in [0.5, 0.6) is 5.88 Å². The summed E-state index contributed by atoms with van der Waals surface area (Å²) in [6.07, 6.45) is 2.60. The van der Waals surface area contributed by atoms with E-state index >= 15 is 0 Å². The van der Waals surface area contributed by atoms with Crippen LogP contribution < -0.4 is 34.3 Å². The maximum Gasteiger partial charge on any atom is 1.00 e. The van der Waals surface area contributed by atoms with Gasteiger partial charge in [0, 0.05) is 12.3 Å². The fraction of sp³-hybridized carbons (Fsp3) is 0.200. The van der Waals surface area contributed by atoms with Crippen molar-refractivity contribution in [3.05, 3.63) is 18.6 Å². The number of aromatic nitrogens is 2. The summed E-state index contributed by atoms with van der Waals surface area (Å²) in [4.78, 5) is 7.16. The smallest absolute Gasteiger partial charge is 1.00 e. The van der Waals surface area contributed by atoms with Gasteiger partial charge in [0.15, 0.2) is 0 Å². The summed E-state index contributed by atoms with van der Waals surface area (Å²) in [5.74, 6) is -0.702. The van der Waals surface area contributed by atoms with Crippen molar-refractivity contribution in [2.45, 2.75) is 0 Å². The molecule has 0 spiro atoms. The van der Waals surface area contributed by atoms with E-state index in [1.54, 1.807) is 0 Å². The zero-order valence-corrected chi connectivity index (χ0v) is 9.73. The van der Waals surface area contributed by atoms with Gasteiger partial charge < -0.3 is 6.16 Å². The zero-order valence-electron chi connectivity index (χ0n) is 7.91. The van der Waals surface area contributed by atoms with Crippen LogP contribution in [-0.4, -0.2) is 28.9 Å². The zero-order chi connectivity index (χ0) is 9.03. The van der Waals surface area contributed by atoms with Crippen LogP contribution in [0.25, 0.3) is 0 Å². The molecule has 13 heavy (non-hydrogen) atoms. The van der Waals surface area contributed by atoms with Crippen molar-refractivity contribution >= 4 is 10.1 Å². The minimum atomic E-state index is -4.10. The Kier molecular flexibility index (Phi) is 5.42. The molecule has 0 saturated carbocycles. The first-order chi connectivity index (χ1) is 5.58. The molecular weight excluding hydrogens is 207 g/mol. The molecule has 0 aliphatic rings. The summed E-state index contributed by atoms with van der Waals surface area (Å²) in [5.41, 5.74) is 0. The summed E-state index contributed by atoms with van der Waals surface area (Å²) in [7, 11) is -4.10. The molecule has 0 atom stereocenters. The number of hydrogen-bond acceptors (Lipinski definition) is 5. The van der Waals surface area contributed by atoms with Crippen molar-refractivity contribution in [2.75, 3.05) is 5.94 Å². The van der Waals surface area contributed by atoms with Crippen molar-refractivity contribution < 1.29 is 48.7 Å². The standard InChI is InChI=1S/C5H6N2O4S.Na.H/c8-12(9,10)4-11-5-1-2-6-3-7-5;;/h1-3H,4H2,(H,8,9,10);;/q;+1;-1. The Morgan fingerprint density at radius 2 is 2.31 bits per heavy atom. The Morgan fingerprint density at radius 1 is 1.62 bits per heavy atom. The van der Waals surface area contributed by atoms with Crippen molar-refractivity contribution in [1.29, 1.82) is 0 Å². The Bertz CT molecular complexity index is 346. The van der Waals surface area contributed by atoms with E-state index in [1.165, 1.54) is 18.6 Å². The molecule has 1 aromatic rings. The second-order valence-corrected chi connectivity index (χ2v) is 3.29. The third-order valence-electron chi connectivity index (χ3n) is 0.911. The Balaban J connectivity index is 0. The molecule has 1 N–H and O–H groups in total. The van der Waals surface area contributed by atoms with Crippen molar-refractivity contribution in [1.82, 2.24) is 9.97 Å². The van der Waals surface area contributed by atoms with E-state index < -0.39 is 16.1 Å². The minimum absolute atomic E-state index is 0. The first-order valence-electron chi connectivity index (χ1n) is 2.92. The van der Waals surface area contributed by atoms with Gasteiger partial charge in [-0.05, 0) is 0 Å². The van der Waals surface area contributed by atoms with Gasteiger partial charge in [0.05, 0.1) is 0 Å². The predicted octanol–water partition coefficient (Wildman–Crippen LogP) is -3.18. The molecule has 0 saturated heterocycles. The Labute approximate surface area is 98.9 Å². The van der Waals surface area contributed by atoms with Crippen LogP contribution >= 0.6 is 0 Å². The summed E-state index contributed by atoms with van der Waals surface area (Å²) >= 11 is 0. The Hall–Kier alpha value is -0.210. The third kappa shape index (κ3) is 5.94. The molecule has 0 fully saturated rings. The van der Waals surface area contributed by atoms with Crippen LogP contribution in [0.1, 0.15) is 1.43 Å². The van der Waals surface area contributed by atoms with Gasteiger partial charge in [-0.15, -0.1) is 0 Å². The molecule has 0 radical (unpaired) electrons. The van der Waals surface area contributed by atoms with Crippen LogP contribution in [0.15, 0.2) is 18.6 Å². The van der Waals surface area contributed by atoms with E-state index in [0.29, 0.717) is 0 Å². The van der Waals surface area contributed by atoms with E-state index in [4.69, 9.17) is 4.55 Å². The minimum Gasteiger partial charge on any atom is -1.00 e. The van der Waals surface area contributed by atoms with E-state index in [9.17, 15) is 8.42 Å². The predicted molar refractivity (Wildman–Crippen MR) is 40.2 cm³/mol. The van der Waals surface area contributed by atoms with E-state index in [1.807, 2.05) is 0 Å². The monoisotopic (exact) mass is 214 g/mol. The van der Waals surface area contributed by atoms with E-state index in [0.717, 1.165) is 0 Å². The molecule has 0 amide bonds. The van der Waals surface area contributed by atoms with Gasteiger partial charge in [0.25, 0.3) is 0 Å². The fourth-order valence-electron chi connectivity index (χ4n) is 0.499. The molecule has 1 aromatic heterocycles. The molecular formula is C5H7N2NaO4S. The topological polar surface area (TPSA) is 89.4 Å². The molecule has 8 heteroatoms. The molecule has 6 nitrogen and oxygen atoms in total. The molecule has 68 valence electrons. The van der Waals surface area contributed by atoms with Crippen LogP contribution in [0.2, 0.25) is 0 Å². The van der Waals surface area contributed by atoms with Crippen LogP contribution in [-0.2, 0) is 10.1 Å². The molecule has 0 aliphatic carbocycles. The quantitative estimate of drug-likeness (QED) is 0.421. The van der Waals surface area contributed by atoms with Gasteiger partial charge in [-0.1, -0.05) is 0 Å². The number of hydrogen-bond donors (Lipinski definition) is 1. The SMILES string of the molecule is O=S(=O)(O)COc1ccncn1.[H-].[Na+]. The van der Waals surface area contributed by atoms with Gasteiger partial charge in [0.2, 0.25) is 11.8 Å².